The van der Waals surface area contributed by atoms with Gasteiger partial charge in [0.15, 0.2) is 0 Å². The Kier molecular flexibility index (Phi) is 4.29. The number of hydrogen-bond donors (Lipinski definition) is 3. The minimum absolute atomic E-state index is 0.125. The third kappa shape index (κ3) is 3.67. The van der Waals surface area contributed by atoms with Crippen LogP contribution in [0, 0.1) is 0 Å². The molecule has 0 spiro atoms. The number of fused-ring (bicyclic) bond motifs is 1. The first-order valence-electron chi connectivity index (χ1n) is 7.39. The average molecular weight is 307 g/mol. The summed E-state index contributed by atoms with van der Waals surface area (Å²) < 4.78 is 0. The van der Waals surface area contributed by atoms with Crippen LogP contribution in [0.1, 0.15) is 37.9 Å². The van der Waals surface area contributed by atoms with E-state index in [1.165, 1.54) is 19.3 Å². The summed E-state index contributed by atoms with van der Waals surface area (Å²) in [6.45, 7) is 0.380. The Hall–Kier alpha value is -1.75. The second-order valence-corrected chi connectivity index (χ2v) is 5.94. The minimum atomic E-state index is -0.125. The fourth-order valence-electron chi connectivity index (χ4n) is 2.77. The molecule has 1 heterocycles. The lowest BCUT2D eigenvalue weighted by Gasteiger charge is -2.22. The number of benzene rings is 1. The number of carbonyl (C=O) groups is 1. The number of H-pyrrole nitrogens is 1. The lowest BCUT2D eigenvalue weighted by molar-refractivity contribution is 0.232. The Balaban J connectivity index is 1.54. The molecule has 3 rings (SSSR count). The van der Waals surface area contributed by atoms with Gasteiger partial charge in [0, 0.05) is 11.1 Å². The Labute approximate surface area is 128 Å². The van der Waals surface area contributed by atoms with E-state index in [1.54, 1.807) is 6.07 Å². The molecule has 1 aliphatic carbocycles. The van der Waals surface area contributed by atoms with Crippen molar-refractivity contribution in [3.63, 3.8) is 0 Å². The maximum atomic E-state index is 11.9. The fourth-order valence-corrected chi connectivity index (χ4v) is 2.94. The highest BCUT2D eigenvalue weighted by Gasteiger charge is 2.15. The summed E-state index contributed by atoms with van der Waals surface area (Å²) in [6, 6.07) is 5.68. The van der Waals surface area contributed by atoms with Crippen LogP contribution in [0.4, 0.5) is 4.79 Å². The summed E-state index contributed by atoms with van der Waals surface area (Å²) in [4.78, 5) is 19.4. The predicted molar refractivity (Wildman–Crippen MR) is 83.3 cm³/mol. The fraction of sp³-hybridized carbons (Fsp3) is 0.467. The van der Waals surface area contributed by atoms with E-state index in [-0.39, 0.29) is 6.03 Å². The molecule has 3 N–H and O–H groups in total. The van der Waals surface area contributed by atoms with E-state index in [9.17, 15) is 4.79 Å². The number of nitrogens with one attached hydrogen (secondary N) is 3. The van der Waals surface area contributed by atoms with Crippen molar-refractivity contribution < 1.29 is 4.79 Å². The Morgan fingerprint density at radius 2 is 2.14 bits per heavy atom. The zero-order chi connectivity index (χ0) is 14.7. The Morgan fingerprint density at radius 1 is 1.33 bits per heavy atom. The molecule has 0 aliphatic heterocycles. The lowest BCUT2D eigenvalue weighted by Crippen LogP contribution is -2.42. The highest BCUT2D eigenvalue weighted by atomic mass is 35.5. The zero-order valence-corrected chi connectivity index (χ0v) is 12.5. The number of amides is 2. The standard InChI is InChI=1S/C15H19ClN4O/c16-10-6-7-12-13(8-10)20-14(19-12)9-17-15(21)18-11-4-2-1-3-5-11/h6-8,11H,1-5,9H2,(H,19,20)(H2,17,18,21). The van der Waals surface area contributed by atoms with E-state index in [0.29, 0.717) is 17.6 Å². The molecule has 0 atom stereocenters. The minimum Gasteiger partial charge on any atom is -0.340 e. The first-order chi connectivity index (χ1) is 10.2. The zero-order valence-electron chi connectivity index (χ0n) is 11.8. The van der Waals surface area contributed by atoms with Gasteiger partial charge in [-0.3, -0.25) is 0 Å². The smallest absolute Gasteiger partial charge is 0.315 e. The van der Waals surface area contributed by atoms with Gasteiger partial charge in [-0.2, -0.15) is 0 Å². The number of imidazole rings is 1. The molecule has 1 saturated carbocycles. The van der Waals surface area contributed by atoms with Gasteiger partial charge in [0.1, 0.15) is 5.82 Å². The van der Waals surface area contributed by atoms with E-state index >= 15 is 0 Å². The molecule has 112 valence electrons. The van der Waals surface area contributed by atoms with Gasteiger partial charge in [-0.25, -0.2) is 9.78 Å². The van der Waals surface area contributed by atoms with Crippen LogP contribution in [-0.4, -0.2) is 22.0 Å². The number of hydrogen-bond acceptors (Lipinski definition) is 2. The molecular weight excluding hydrogens is 288 g/mol. The van der Waals surface area contributed by atoms with Gasteiger partial charge in [0.25, 0.3) is 0 Å². The molecule has 5 nitrogen and oxygen atoms in total. The maximum Gasteiger partial charge on any atom is 0.315 e. The van der Waals surface area contributed by atoms with Gasteiger partial charge in [0.05, 0.1) is 17.6 Å². The van der Waals surface area contributed by atoms with Crippen LogP contribution in [0.2, 0.25) is 5.02 Å². The number of aromatic nitrogens is 2. The van der Waals surface area contributed by atoms with E-state index in [1.807, 2.05) is 12.1 Å². The monoisotopic (exact) mass is 306 g/mol. The highest BCUT2D eigenvalue weighted by Crippen LogP contribution is 2.18. The van der Waals surface area contributed by atoms with Crippen LogP contribution in [0.5, 0.6) is 0 Å². The van der Waals surface area contributed by atoms with Gasteiger partial charge in [0.2, 0.25) is 0 Å². The van der Waals surface area contributed by atoms with Gasteiger partial charge < -0.3 is 15.6 Å². The normalized spacial score (nSPS) is 16.0. The van der Waals surface area contributed by atoms with Gasteiger partial charge >= 0.3 is 6.03 Å². The summed E-state index contributed by atoms with van der Waals surface area (Å²) in [5.74, 6) is 0.728. The average Bonchev–Trinajstić information content (AvgIpc) is 2.88. The molecule has 1 aliphatic rings. The number of aromatic amines is 1. The summed E-state index contributed by atoms with van der Waals surface area (Å²) in [7, 11) is 0. The SMILES string of the molecule is O=C(NCc1nc2ccc(Cl)cc2[nH]1)NC1CCCCC1. The Bertz CT molecular complexity index is 634. The number of carbonyl (C=O) groups excluding carboxylic acids is 1. The van der Waals surface area contributed by atoms with Crippen LogP contribution in [0.3, 0.4) is 0 Å². The molecule has 0 bridgehead atoms. The van der Waals surface area contributed by atoms with E-state index in [2.05, 4.69) is 20.6 Å². The molecule has 1 aromatic heterocycles. The molecule has 6 heteroatoms. The number of rotatable bonds is 3. The molecule has 1 fully saturated rings. The van der Waals surface area contributed by atoms with Crippen molar-refractivity contribution in [2.45, 2.75) is 44.7 Å². The van der Waals surface area contributed by atoms with Crippen molar-refractivity contribution >= 4 is 28.7 Å². The number of nitrogens with zero attached hydrogens (tertiary/aromatic N) is 1. The van der Waals surface area contributed by atoms with Crippen LogP contribution in [-0.2, 0) is 6.54 Å². The predicted octanol–water partition coefficient (Wildman–Crippen LogP) is 3.35. The quantitative estimate of drug-likeness (QED) is 0.814. The van der Waals surface area contributed by atoms with Gasteiger partial charge in [-0.15, -0.1) is 0 Å². The summed E-state index contributed by atoms with van der Waals surface area (Å²) in [6.07, 6.45) is 5.85. The summed E-state index contributed by atoms with van der Waals surface area (Å²) >= 11 is 5.94. The van der Waals surface area contributed by atoms with Crippen molar-refractivity contribution in [2.24, 2.45) is 0 Å². The molecule has 0 saturated heterocycles. The van der Waals surface area contributed by atoms with Crippen molar-refractivity contribution in [3.05, 3.63) is 29.0 Å². The molecular formula is C15H19ClN4O. The first-order valence-corrected chi connectivity index (χ1v) is 7.77. The van der Waals surface area contributed by atoms with Crippen molar-refractivity contribution in [1.82, 2.24) is 20.6 Å². The third-order valence-electron chi connectivity index (χ3n) is 3.85. The molecule has 1 aromatic carbocycles. The van der Waals surface area contributed by atoms with Crippen molar-refractivity contribution in [1.29, 1.82) is 0 Å². The number of halogens is 1. The second-order valence-electron chi connectivity index (χ2n) is 5.51. The first kappa shape index (κ1) is 14.2. The van der Waals surface area contributed by atoms with Crippen LogP contribution in [0.15, 0.2) is 18.2 Å². The van der Waals surface area contributed by atoms with Gasteiger partial charge in [-0.05, 0) is 31.0 Å². The van der Waals surface area contributed by atoms with E-state index in [0.717, 1.165) is 29.7 Å². The summed E-state index contributed by atoms with van der Waals surface area (Å²) in [5.41, 5.74) is 1.73. The second kappa shape index (κ2) is 6.35. The lowest BCUT2D eigenvalue weighted by atomic mass is 9.96. The number of urea groups is 1. The molecule has 0 unspecified atom stereocenters. The van der Waals surface area contributed by atoms with E-state index in [4.69, 9.17) is 11.6 Å². The van der Waals surface area contributed by atoms with Crippen molar-refractivity contribution in [2.75, 3.05) is 0 Å². The Morgan fingerprint density at radius 3 is 2.95 bits per heavy atom. The molecule has 2 aromatic rings. The van der Waals surface area contributed by atoms with Crippen LogP contribution >= 0.6 is 11.6 Å². The van der Waals surface area contributed by atoms with Crippen molar-refractivity contribution in [3.8, 4) is 0 Å². The third-order valence-corrected chi connectivity index (χ3v) is 4.08. The molecule has 0 radical (unpaired) electrons. The molecule has 21 heavy (non-hydrogen) atoms. The summed E-state index contributed by atoms with van der Waals surface area (Å²) in [5, 5.41) is 6.53. The highest BCUT2D eigenvalue weighted by molar-refractivity contribution is 6.31. The molecule has 2 amide bonds. The van der Waals surface area contributed by atoms with E-state index < -0.39 is 0 Å². The topological polar surface area (TPSA) is 69.8 Å². The van der Waals surface area contributed by atoms with Crippen LogP contribution < -0.4 is 10.6 Å². The maximum absolute atomic E-state index is 11.9. The van der Waals surface area contributed by atoms with Gasteiger partial charge in [-0.1, -0.05) is 30.9 Å². The largest absolute Gasteiger partial charge is 0.340 e. The van der Waals surface area contributed by atoms with Crippen LogP contribution in [0.25, 0.3) is 11.0 Å².